The first-order valence-corrected chi connectivity index (χ1v) is 4.58. The molecule has 0 unspecified atom stereocenters. The molecule has 0 spiro atoms. The Morgan fingerprint density at radius 1 is 1.47 bits per heavy atom. The fourth-order valence-electron chi connectivity index (χ4n) is 0.780. The van der Waals surface area contributed by atoms with Crippen molar-refractivity contribution in [2.24, 2.45) is 0 Å². The van der Waals surface area contributed by atoms with Crippen LogP contribution in [0.5, 0.6) is 5.75 Å². The van der Waals surface area contributed by atoms with Crippen LogP contribution in [0.2, 0.25) is 0 Å². The van der Waals surface area contributed by atoms with Crippen LogP contribution in [0.1, 0.15) is 12.5 Å². The second-order valence-electron chi connectivity index (χ2n) is 2.90. The summed E-state index contributed by atoms with van der Waals surface area (Å²) in [4.78, 5) is 10.1. The molecule has 0 atom stereocenters. The van der Waals surface area contributed by atoms with Gasteiger partial charge in [0.1, 0.15) is 5.75 Å². The fourth-order valence-corrected chi connectivity index (χ4v) is 0.780. The highest BCUT2D eigenvalue weighted by molar-refractivity contribution is 5.68. The van der Waals surface area contributed by atoms with Gasteiger partial charge in [0.2, 0.25) is 0 Å². The molecule has 0 aliphatic rings. The Morgan fingerprint density at radius 3 is 2.33 bits per heavy atom. The molecule has 0 saturated carbocycles. The third-order valence-electron chi connectivity index (χ3n) is 1.38. The predicted molar refractivity (Wildman–Crippen MR) is 60.2 cm³/mol. The molecule has 0 heterocycles. The highest BCUT2D eigenvalue weighted by Gasteiger charge is 1.97. The summed E-state index contributed by atoms with van der Waals surface area (Å²) in [6.45, 7) is 6.92. The van der Waals surface area contributed by atoms with E-state index in [4.69, 9.17) is 9.84 Å². The summed E-state index contributed by atoms with van der Waals surface area (Å²) in [5, 5.41) is 8.30. The first-order valence-electron chi connectivity index (χ1n) is 4.58. The van der Waals surface area contributed by atoms with Crippen molar-refractivity contribution < 1.29 is 14.6 Å². The van der Waals surface area contributed by atoms with E-state index in [2.05, 4.69) is 6.58 Å². The molecule has 1 N–H and O–H groups in total. The molecule has 15 heavy (non-hydrogen) atoms. The van der Waals surface area contributed by atoms with E-state index >= 15 is 0 Å². The minimum Gasteiger partial charge on any atom is -0.482 e. The van der Waals surface area contributed by atoms with E-state index in [0.29, 0.717) is 5.75 Å². The van der Waals surface area contributed by atoms with Crippen LogP contribution in [0.25, 0.3) is 0 Å². The number of hydrogen-bond donors (Lipinski definition) is 1. The first kappa shape index (κ1) is 13.2. The number of aryl methyl sites for hydroxylation is 1. The molecular formula is C12H16O3. The summed E-state index contributed by atoms with van der Waals surface area (Å²) in [6.07, 6.45) is 1.75. The molecule has 0 amide bonds. The number of rotatable bonds is 3. The van der Waals surface area contributed by atoms with Gasteiger partial charge >= 0.3 is 5.97 Å². The standard InChI is InChI=1S/C9H10O3.C3H6/c1-7-2-4-8(5-3-7)12-6-9(10)11;1-3-2/h2-5H,6H2,1H3,(H,10,11);3H,1H2,2H3. The van der Waals surface area contributed by atoms with Crippen LogP contribution in [-0.2, 0) is 4.79 Å². The zero-order valence-electron chi connectivity index (χ0n) is 9.06. The van der Waals surface area contributed by atoms with Crippen LogP contribution >= 0.6 is 0 Å². The maximum Gasteiger partial charge on any atom is 0.341 e. The summed E-state index contributed by atoms with van der Waals surface area (Å²) in [7, 11) is 0. The normalized spacial score (nSPS) is 8.40. The lowest BCUT2D eigenvalue weighted by molar-refractivity contribution is -0.139. The van der Waals surface area contributed by atoms with Crippen LogP contribution in [0.3, 0.4) is 0 Å². The fraction of sp³-hybridized carbons (Fsp3) is 0.250. The number of allylic oxidation sites excluding steroid dienone is 1. The molecule has 0 aliphatic heterocycles. The van der Waals surface area contributed by atoms with Crippen molar-refractivity contribution in [3.8, 4) is 5.75 Å². The Balaban J connectivity index is 0.000000583. The van der Waals surface area contributed by atoms with Gasteiger partial charge in [-0.25, -0.2) is 4.79 Å². The van der Waals surface area contributed by atoms with Crippen LogP contribution < -0.4 is 4.74 Å². The minimum absolute atomic E-state index is 0.289. The van der Waals surface area contributed by atoms with Crippen LogP contribution in [0.4, 0.5) is 0 Å². The van der Waals surface area contributed by atoms with E-state index in [1.165, 1.54) is 0 Å². The van der Waals surface area contributed by atoms with Crippen molar-refractivity contribution in [2.75, 3.05) is 6.61 Å². The van der Waals surface area contributed by atoms with Gasteiger partial charge in [0.15, 0.2) is 6.61 Å². The molecule has 0 bridgehead atoms. The zero-order valence-corrected chi connectivity index (χ0v) is 9.06. The van der Waals surface area contributed by atoms with Gasteiger partial charge < -0.3 is 9.84 Å². The molecule has 0 aromatic heterocycles. The van der Waals surface area contributed by atoms with Crippen molar-refractivity contribution in [1.29, 1.82) is 0 Å². The van der Waals surface area contributed by atoms with Gasteiger partial charge in [-0.1, -0.05) is 23.8 Å². The molecule has 1 aromatic carbocycles. The molecule has 0 radical (unpaired) electrons. The maximum absolute atomic E-state index is 10.1. The number of carbonyl (C=O) groups is 1. The van der Waals surface area contributed by atoms with Crippen molar-refractivity contribution in [3.63, 3.8) is 0 Å². The van der Waals surface area contributed by atoms with Gasteiger partial charge in [-0.2, -0.15) is 0 Å². The molecular weight excluding hydrogens is 192 g/mol. The quantitative estimate of drug-likeness (QED) is 0.777. The molecule has 0 fully saturated rings. The number of hydrogen-bond acceptors (Lipinski definition) is 2. The van der Waals surface area contributed by atoms with Crippen LogP contribution in [0, 0.1) is 6.92 Å². The Kier molecular flexibility index (Phi) is 6.72. The lowest BCUT2D eigenvalue weighted by atomic mass is 10.2. The highest BCUT2D eigenvalue weighted by Crippen LogP contribution is 2.10. The van der Waals surface area contributed by atoms with Gasteiger partial charge in [-0.05, 0) is 26.0 Å². The second-order valence-corrected chi connectivity index (χ2v) is 2.90. The maximum atomic E-state index is 10.1. The lowest BCUT2D eigenvalue weighted by Gasteiger charge is -2.01. The van der Waals surface area contributed by atoms with Crippen molar-refractivity contribution in [2.45, 2.75) is 13.8 Å². The summed E-state index contributed by atoms with van der Waals surface area (Å²) in [6, 6.07) is 7.24. The molecule has 3 heteroatoms. The Labute approximate surface area is 90.0 Å². The van der Waals surface area contributed by atoms with Gasteiger partial charge in [0.25, 0.3) is 0 Å². The first-order chi connectivity index (χ1) is 7.10. The van der Waals surface area contributed by atoms with E-state index in [1.54, 1.807) is 18.2 Å². The number of carboxylic acid groups (broad SMARTS) is 1. The van der Waals surface area contributed by atoms with Gasteiger partial charge in [-0.3, -0.25) is 0 Å². The van der Waals surface area contributed by atoms with Crippen LogP contribution in [-0.4, -0.2) is 17.7 Å². The van der Waals surface area contributed by atoms with E-state index in [0.717, 1.165) is 5.56 Å². The predicted octanol–water partition coefficient (Wildman–Crippen LogP) is 2.65. The number of benzene rings is 1. The third-order valence-corrected chi connectivity index (χ3v) is 1.38. The molecule has 82 valence electrons. The summed E-state index contributed by atoms with van der Waals surface area (Å²) in [5.41, 5.74) is 1.12. The molecule has 3 nitrogen and oxygen atoms in total. The molecule has 0 aliphatic carbocycles. The SMILES string of the molecule is C=CC.Cc1ccc(OCC(=O)O)cc1. The summed E-state index contributed by atoms with van der Waals surface area (Å²) in [5.74, 6) is -0.376. The number of aliphatic carboxylic acids is 1. The molecule has 1 rings (SSSR count). The minimum atomic E-state index is -0.962. The van der Waals surface area contributed by atoms with E-state index in [-0.39, 0.29) is 6.61 Å². The monoisotopic (exact) mass is 208 g/mol. The average molecular weight is 208 g/mol. The van der Waals surface area contributed by atoms with E-state index in [9.17, 15) is 4.79 Å². The largest absolute Gasteiger partial charge is 0.482 e. The average Bonchev–Trinajstić information content (AvgIpc) is 2.18. The molecule has 1 aromatic rings. The lowest BCUT2D eigenvalue weighted by Crippen LogP contribution is -2.09. The Hall–Kier alpha value is -1.77. The zero-order chi connectivity index (χ0) is 11.7. The van der Waals surface area contributed by atoms with Crippen LogP contribution in [0.15, 0.2) is 36.9 Å². The van der Waals surface area contributed by atoms with E-state index < -0.39 is 5.97 Å². The summed E-state index contributed by atoms with van der Waals surface area (Å²) < 4.78 is 4.92. The van der Waals surface area contributed by atoms with E-state index in [1.807, 2.05) is 26.0 Å². The molecule has 0 saturated heterocycles. The number of carboxylic acids is 1. The van der Waals surface area contributed by atoms with Crippen molar-refractivity contribution in [3.05, 3.63) is 42.5 Å². The summed E-state index contributed by atoms with van der Waals surface area (Å²) >= 11 is 0. The highest BCUT2D eigenvalue weighted by atomic mass is 16.5. The topological polar surface area (TPSA) is 46.5 Å². The van der Waals surface area contributed by atoms with Gasteiger partial charge in [0.05, 0.1) is 0 Å². The second kappa shape index (κ2) is 7.62. The third kappa shape index (κ3) is 7.31. The smallest absolute Gasteiger partial charge is 0.341 e. The number of ether oxygens (including phenoxy) is 1. The van der Waals surface area contributed by atoms with Crippen molar-refractivity contribution in [1.82, 2.24) is 0 Å². The van der Waals surface area contributed by atoms with Crippen molar-refractivity contribution >= 4 is 5.97 Å². The Morgan fingerprint density at radius 2 is 1.93 bits per heavy atom. The van der Waals surface area contributed by atoms with Gasteiger partial charge in [-0.15, -0.1) is 6.58 Å². The Bertz CT molecular complexity index is 301. The van der Waals surface area contributed by atoms with Gasteiger partial charge in [0, 0.05) is 0 Å².